The van der Waals surface area contributed by atoms with E-state index in [1.165, 1.54) is 18.3 Å². The largest absolute Gasteiger partial charge is 0.354 e. The van der Waals surface area contributed by atoms with Crippen LogP contribution in [0.15, 0.2) is 36.5 Å². The van der Waals surface area contributed by atoms with Gasteiger partial charge in [0.15, 0.2) is 0 Å². The van der Waals surface area contributed by atoms with Gasteiger partial charge in [-0.25, -0.2) is 13.6 Å². The van der Waals surface area contributed by atoms with Crippen molar-refractivity contribution >= 4 is 17.8 Å². The number of amides is 2. The topological polar surface area (TPSA) is 81.5 Å². The molecule has 0 spiro atoms. The number of fused-ring (bicyclic) bond motifs is 1. The van der Waals surface area contributed by atoms with Gasteiger partial charge in [-0.2, -0.15) is 5.10 Å². The number of halogens is 2. The molecule has 7 nitrogen and oxygen atoms in total. The number of imide groups is 1. The van der Waals surface area contributed by atoms with Gasteiger partial charge in [0, 0.05) is 6.20 Å². The molecule has 1 aromatic heterocycles. The van der Waals surface area contributed by atoms with Crippen LogP contribution in [0.5, 0.6) is 0 Å². The quantitative estimate of drug-likeness (QED) is 0.799. The van der Waals surface area contributed by atoms with Crippen molar-refractivity contribution in [2.24, 2.45) is 0 Å². The van der Waals surface area contributed by atoms with Gasteiger partial charge in [0.2, 0.25) is 0 Å². The number of carbonyl (C=O) groups excluding carboxylic acids is 3. The van der Waals surface area contributed by atoms with Gasteiger partial charge in [0.1, 0.15) is 12.2 Å². The van der Waals surface area contributed by atoms with Crippen molar-refractivity contribution in [2.75, 3.05) is 0 Å². The average molecular weight is 321 g/mol. The lowest BCUT2D eigenvalue weighted by Crippen LogP contribution is -2.34. The van der Waals surface area contributed by atoms with Crippen LogP contribution in [0.25, 0.3) is 0 Å². The van der Waals surface area contributed by atoms with Gasteiger partial charge in [0.05, 0.1) is 11.1 Å². The van der Waals surface area contributed by atoms with Crippen molar-refractivity contribution in [3.63, 3.8) is 0 Å². The van der Waals surface area contributed by atoms with Crippen molar-refractivity contribution < 1.29 is 28.0 Å². The van der Waals surface area contributed by atoms with E-state index < -0.39 is 36.4 Å². The maximum atomic E-state index is 12.4. The molecule has 118 valence electrons. The molecule has 0 unspecified atom stereocenters. The van der Waals surface area contributed by atoms with Crippen LogP contribution in [0.2, 0.25) is 0 Å². The Balaban J connectivity index is 1.69. The minimum Gasteiger partial charge on any atom is -0.328 e. The first-order valence-electron chi connectivity index (χ1n) is 6.47. The van der Waals surface area contributed by atoms with Crippen molar-refractivity contribution in [2.45, 2.75) is 13.0 Å². The van der Waals surface area contributed by atoms with Gasteiger partial charge in [-0.15, -0.1) is 0 Å². The maximum absolute atomic E-state index is 12.4. The lowest BCUT2D eigenvalue weighted by atomic mass is 10.1. The monoisotopic (exact) mass is 321 g/mol. The third-order valence-electron chi connectivity index (χ3n) is 3.13. The second-order valence-corrected chi connectivity index (χ2v) is 4.65. The summed E-state index contributed by atoms with van der Waals surface area (Å²) < 4.78 is 25.8. The standard InChI is InChI=1S/C14H9F2N3O4/c15-12(16)10-5-6-18(17-10)7-11(20)23-19-13(21)8-3-1-2-4-9(8)14(19)22/h1-6,12H,7H2. The van der Waals surface area contributed by atoms with E-state index in [-0.39, 0.29) is 11.1 Å². The van der Waals surface area contributed by atoms with E-state index in [0.717, 1.165) is 10.7 Å². The van der Waals surface area contributed by atoms with Crippen LogP contribution in [-0.2, 0) is 16.2 Å². The molecular weight excluding hydrogens is 312 g/mol. The summed E-state index contributed by atoms with van der Waals surface area (Å²) in [5.74, 6) is -2.50. The number of alkyl halides is 2. The summed E-state index contributed by atoms with van der Waals surface area (Å²) in [6, 6.07) is 7.08. The Morgan fingerprint density at radius 1 is 1.13 bits per heavy atom. The van der Waals surface area contributed by atoms with Crippen molar-refractivity contribution in [3.05, 3.63) is 53.3 Å². The summed E-state index contributed by atoms with van der Waals surface area (Å²) >= 11 is 0. The van der Waals surface area contributed by atoms with Gasteiger partial charge in [-0.05, 0) is 18.2 Å². The number of benzene rings is 1. The highest BCUT2D eigenvalue weighted by molar-refractivity contribution is 6.20. The van der Waals surface area contributed by atoms with Crippen LogP contribution in [-0.4, -0.2) is 32.6 Å². The second-order valence-electron chi connectivity index (χ2n) is 4.65. The Morgan fingerprint density at radius 3 is 2.26 bits per heavy atom. The molecule has 0 radical (unpaired) electrons. The molecular formula is C14H9F2N3O4. The zero-order valence-corrected chi connectivity index (χ0v) is 11.5. The van der Waals surface area contributed by atoms with Crippen LogP contribution in [0, 0.1) is 0 Å². The third-order valence-corrected chi connectivity index (χ3v) is 3.13. The van der Waals surface area contributed by atoms with Crippen LogP contribution in [0.4, 0.5) is 8.78 Å². The molecule has 0 bridgehead atoms. The summed E-state index contributed by atoms with van der Waals surface area (Å²) in [7, 11) is 0. The zero-order valence-electron chi connectivity index (χ0n) is 11.5. The van der Waals surface area contributed by atoms with E-state index in [1.807, 2.05) is 0 Å². The lowest BCUT2D eigenvalue weighted by Gasteiger charge is -2.12. The summed E-state index contributed by atoms with van der Waals surface area (Å²) in [5.41, 5.74) is -0.229. The molecule has 0 aliphatic carbocycles. The molecule has 1 aromatic carbocycles. The minimum atomic E-state index is -2.76. The first kappa shape index (κ1) is 14.8. The van der Waals surface area contributed by atoms with Gasteiger partial charge >= 0.3 is 5.97 Å². The van der Waals surface area contributed by atoms with Crippen LogP contribution < -0.4 is 0 Å². The highest BCUT2D eigenvalue weighted by atomic mass is 19.3. The normalized spacial score (nSPS) is 13.6. The lowest BCUT2D eigenvalue weighted by molar-refractivity contribution is -0.169. The molecule has 1 aliphatic heterocycles. The Labute approximate surface area is 128 Å². The summed E-state index contributed by atoms with van der Waals surface area (Å²) in [6.07, 6.45) is -1.59. The van der Waals surface area contributed by atoms with Crippen LogP contribution in [0.1, 0.15) is 32.8 Å². The van der Waals surface area contributed by atoms with E-state index in [9.17, 15) is 23.2 Å². The summed E-state index contributed by atoms with van der Waals surface area (Å²) in [6.45, 7) is -0.514. The number of carbonyl (C=O) groups is 3. The number of nitrogens with zero attached hydrogens (tertiary/aromatic N) is 3. The number of rotatable bonds is 4. The molecule has 2 heterocycles. The Bertz CT molecular complexity index is 768. The van der Waals surface area contributed by atoms with E-state index in [1.54, 1.807) is 12.1 Å². The Hall–Kier alpha value is -3.10. The van der Waals surface area contributed by atoms with Crippen LogP contribution in [0.3, 0.4) is 0 Å². The average Bonchev–Trinajstić information content (AvgIpc) is 3.07. The molecule has 23 heavy (non-hydrogen) atoms. The van der Waals surface area contributed by atoms with E-state index >= 15 is 0 Å². The predicted molar refractivity (Wildman–Crippen MR) is 70.2 cm³/mol. The minimum absolute atomic E-state index is 0.129. The molecule has 2 amide bonds. The molecule has 0 saturated heterocycles. The fraction of sp³-hybridized carbons (Fsp3) is 0.143. The fourth-order valence-electron chi connectivity index (χ4n) is 2.09. The van der Waals surface area contributed by atoms with Gasteiger partial charge in [0.25, 0.3) is 18.2 Å². The van der Waals surface area contributed by atoms with Crippen LogP contribution >= 0.6 is 0 Å². The number of aromatic nitrogens is 2. The van der Waals surface area contributed by atoms with Gasteiger partial charge in [-0.3, -0.25) is 14.3 Å². The Kier molecular flexibility index (Phi) is 3.61. The maximum Gasteiger partial charge on any atom is 0.354 e. The molecule has 9 heteroatoms. The molecule has 3 rings (SSSR count). The smallest absolute Gasteiger partial charge is 0.328 e. The number of hydroxylamine groups is 2. The SMILES string of the molecule is O=C(Cn1ccc(C(F)F)n1)ON1C(=O)c2ccccc2C1=O. The third kappa shape index (κ3) is 2.68. The summed E-state index contributed by atoms with van der Waals surface area (Å²) in [5, 5.41) is 3.83. The van der Waals surface area contributed by atoms with Crippen molar-refractivity contribution in [1.29, 1.82) is 0 Å². The first-order valence-corrected chi connectivity index (χ1v) is 6.47. The molecule has 0 saturated carbocycles. The molecule has 0 N–H and O–H groups in total. The first-order chi connectivity index (χ1) is 11.0. The molecule has 0 fully saturated rings. The summed E-state index contributed by atoms with van der Waals surface area (Å²) in [4.78, 5) is 40.5. The van der Waals surface area contributed by atoms with Crippen molar-refractivity contribution in [1.82, 2.24) is 14.8 Å². The van der Waals surface area contributed by atoms with E-state index in [0.29, 0.717) is 5.06 Å². The zero-order chi connectivity index (χ0) is 16.6. The highest BCUT2D eigenvalue weighted by Gasteiger charge is 2.38. The van der Waals surface area contributed by atoms with Gasteiger partial charge < -0.3 is 4.84 Å². The van der Waals surface area contributed by atoms with Crippen molar-refractivity contribution in [3.8, 4) is 0 Å². The molecule has 1 aliphatic rings. The predicted octanol–water partition coefficient (Wildman–Crippen LogP) is 1.58. The Morgan fingerprint density at radius 2 is 1.74 bits per heavy atom. The number of hydrogen-bond acceptors (Lipinski definition) is 5. The molecule has 2 aromatic rings. The molecule has 0 atom stereocenters. The number of hydrogen-bond donors (Lipinski definition) is 0. The van der Waals surface area contributed by atoms with Gasteiger partial charge in [-0.1, -0.05) is 17.2 Å². The second kappa shape index (κ2) is 5.59. The fourth-order valence-corrected chi connectivity index (χ4v) is 2.09. The van der Waals surface area contributed by atoms with E-state index in [4.69, 9.17) is 4.84 Å². The highest BCUT2D eigenvalue weighted by Crippen LogP contribution is 2.22. The van der Waals surface area contributed by atoms with E-state index in [2.05, 4.69) is 5.10 Å².